The minimum absolute atomic E-state index is 0.598. The molecule has 3 aromatic heterocycles. The van der Waals surface area contributed by atoms with E-state index in [0.717, 1.165) is 61.3 Å². The number of benzene rings is 6. The molecular formula is C46H33N5. The lowest BCUT2D eigenvalue weighted by molar-refractivity contribution is 1.01. The van der Waals surface area contributed by atoms with Crippen molar-refractivity contribution >= 4 is 38.8 Å². The molecule has 51 heavy (non-hydrogen) atoms. The van der Waals surface area contributed by atoms with Gasteiger partial charge in [0.15, 0.2) is 17.5 Å². The van der Waals surface area contributed by atoms with Crippen LogP contribution in [0, 0.1) is 6.92 Å². The molecule has 3 heterocycles. The van der Waals surface area contributed by atoms with E-state index in [4.69, 9.17) is 15.0 Å². The molecule has 0 N–H and O–H groups in total. The summed E-state index contributed by atoms with van der Waals surface area (Å²) in [5.41, 5.74) is 10.4. The standard InChI is InChI=1S/C46H33N5/c1-3-4-22-34-31(2)50(39-27-14-11-23-35(34)39)43-38(26-17-30-42(43)51-40-28-15-12-24-36(40)37-25-13-16-29-41(37)51)46-48-44(32-18-7-5-8-19-32)47-45(49-46)33-20-9-6-10-21-33/h3-30H,1H2,2H3/b22-4-. The van der Waals surface area contributed by atoms with E-state index in [1.165, 1.54) is 10.8 Å². The normalized spacial score (nSPS) is 11.6. The van der Waals surface area contributed by atoms with Gasteiger partial charge in [-0.25, -0.2) is 15.0 Å². The molecule has 0 radical (unpaired) electrons. The molecule has 242 valence electrons. The zero-order chi connectivity index (χ0) is 34.3. The van der Waals surface area contributed by atoms with E-state index in [0.29, 0.717) is 17.5 Å². The first-order valence-electron chi connectivity index (χ1n) is 17.1. The lowest BCUT2D eigenvalue weighted by Crippen LogP contribution is -2.09. The SMILES string of the molecule is C=C/C=C\c1c(C)n(-c2c(-c3nc(-c4ccccc4)nc(-c4ccccc4)n3)cccc2-n2c3ccccc3c3ccccc32)c2ccccc12. The van der Waals surface area contributed by atoms with E-state index in [1.807, 2.05) is 72.8 Å². The Morgan fingerprint density at radius 2 is 0.980 bits per heavy atom. The molecule has 0 aliphatic rings. The molecular weight excluding hydrogens is 623 g/mol. The summed E-state index contributed by atoms with van der Waals surface area (Å²) in [6, 6.07) is 52.6. The number of para-hydroxylation sites is 4. The quantitative estimate of drug-likeness (QED) is 0.161. The maximum absolute atomic E-state index is 5.23. The van der Waals surface area contributed by atoms with Gasteiger partial charge in [-0.05, 0) is 37.3 Å². The van der Waals surface area contributed by atoms with E-state index < -0.39 is 0 Å². The van der Waals surface area contributed by atoms with Crippen LogP contribution in [0.4, 0.5) is 0 Å². The number of allylic oxidation sites excluding steroid dienone is 2. The molecule has 0 amide bonds. The van der Waals surface area contributed by atoms with Gasteiger partial charge in [0.1, 0.15) is 0 Å². The van der Waals surface area contributed by atoms with Gasteiger partial charge in [-0.1, -0.05) is 146 Å². The van der Waals surface area contributed by atoms with Crippen LogP contribution in [0.5, 0.6) is 0 Å². The fourth-order valence-electron chi connectivity index (χ4n) is 7.29. The highest BCUT2D eigenvalue weighted by Crippen LogP contribution is 2.41. The van der Waals surface area contributed by atoms with Crippen LogP contribution in [0.15, 0.2) is 170 Å². The third-order valence-corrected chi connectivity index (χ3v) is 9.56. The van der Waals surface area contributed by atoms with Crippen LogP contribution in [0.3, 0.4) is 0 Å². The highest BCUT2D eigenvalue weighted by Gasteiger charge is 2.24. The van der Waals surface area contributed by atoms with Crippen molar-refractivity contribution in [2.75, 3.05) is 0 Å². The van der Waals surface area contributed by atoms with E-state index in [2.05, 4.69) is 120 Å². The first-order chi connectivity index (χ1) is 25.2. The zero-order valence-electron chi connectivity index (χ0n) is 28.1. The molecule has 0 aliphatic heterocycles. The topological polar surface area (TPSA) is 48.5 Å². The molecule has 0 saturated carbocycles. The number of aromatic nitrogens is 5. The average Bonchev–Trinajstić information content (AvgIpc) is 3.68. The Bertz CT molecular complexity index is 2660. The number of rotatable bonds is 7. The second-order valence-electron chi connectivity index (χ2n) is 12.5. The van der Waals surface area contributed by atoms with Crippen molar-refractivity contribution in [3.8, 4) is 45.5 Å². The van der Waals surface area contributed by atoms with E-state index in [-0.39, 0.29) is 0 Å². The van der Waals surface area contributed by atoms with Crippen molar-refractivity contribution < 1.29 is 0 Å². The lowest BCUT2D eigenvalue weighted by atomic mass is 10.1. The molecule has 0 saturated heterocycles. The third kappa shape index (κ3) is 5.06. The fraction of sp³-hybridized carbons (Fsp3) is 0.0217. The summed E-state index contributed by atoms with van der Waals surface area (Å²) in [6.07, 6.45) is 5.97. The highest BCUT2D eigenvalue weighted by atomic mass is 15.1. The summed E-state index contributed by atoms with van der Waals surface area (Å²) < 4.78 is 4.76. The van der Waals surface area contributed by atoms with Crippen molar-refractivity contribution in [2.45, 2.75) is 6.92 Å². The Morgan fingerprint density at radius 3 is 1.55 bits per heavy atom. The summed E-state index contributed by atoms with van der Waals surface area (Å²) in [5.74, 6) is 1.84. The Kier molecular flexibility index (Phi) is 7.44. The van der Waals surface area contributed by atoms with E-state index in [9.17, 15) is 0 Å². The number of fused-ring (bicyclic) bond motifs is 4. The predicted molar refractivity (Wildman–Crippen MR) is 211 cm³/mol. The van der Waals surface area contributed by atoms with Gasteiger partial charge in [0, 0.05) is 44.1 Å². The largest absolute Gasteiger partial charge is 0.311 e. The van der Waals surface area contributed by atoms with Crippen molar-refractivity contribution in [2.24, 2.45) is 0 Å². The van der Waals surface area contributed by atoms with Gasteiger partial charge in [0.05, 0.1) is 27.9 Å². The van der Waals surface area contributed by atoms with Gasteiger partial charge < -0.3 is 9.13 Å². The molecule has 0 unspecified atom stereocenters. The zero-order valence-corrected chi connectivity index (χ0v) is 28.1. The summed E-state index contributed by atoms with van der Waals surface area (Å²) in [4.78, 5) is 15.5. The minimum Gasteiger partial charge on any atom is -0.311 e. The smallest absolute Gasteiger partial charge is 0.166 e. The molecule has 0 spiro atoms. The molecule has 0 atom stereocenters. The molecule has 9 aromatic rings. The van der Waals surface area contributed by atoms with Crippen LogP contribution < -0.4 is 0 Å². The van der Waals surface area contributed by atoms with Gasteiger partial charge >= 0.3 is 0 Å². The van der Waals surface area contributed by atoms with Crippen LogP contribution in [-0.2, 0) is 0 Å². The van der Waals surface area contributed by atoms with Crippen molar-refractivity contribution in [3.63, 3.8) is 0 Å². The Balaban J connectivity index is 1.44. The Hall–Kier alpha value is -6.85. The fourth-order valence-corrected chi connectivity index (χ4v) is 7.29. The Labute approximate surface area is 296 Å². The average molecular weight is 656 g/mol. The second-order valence-corrected chi connectivity index (χ2v) is 12.5. The van der Waals surface area contributed by atoms with Crippen LogP contribution in [-0.4, -0.2) is 24.1 Å². The minimum atomic E-state index is 0.598. The Morgan fingerprint density at radius 1 is 0.490 bits per heavy atom. The summed E-state index contributed by atoms with van der Waals surface area (Å²) in [7, 11) is 0. The molecule has 5 nitrogen and oxygen atoms in total. The second kappa shape index (κ2) is 12.6. The number of hydrogen-bond donors (Lipinski definition) is 0. The van der Waals surface area contributed by atoms with E-state index >= 15 is 0 Å². The molecule has 6 aromatic carbocycles. The molecule has 9 rings (SSSR count). The first kappa shape index (κ1) is 30.2. The molecule has 5 heteroatoms. The predicted octanol–water partition coefficient (Wildman–Crippen LogP) is 11.4. The summed E-state index contributed by atoms with van der Waals surface area (Å²) in [6.45, 7) is 6.14. The van der Waals surface area contributed by atoms with E-state index in [1.54, 1.807) is 0 Å². The monoisotopic (exact) mass is 655 g/mol. The van der Waals surface area contributed by atoms with Gasteiger partial charge in [-0.3, -0.25) is 0 Å². The van der Waals surface area contributed by atoms with Crippen LogP contribution >= 0.6 is 0 Å². The highest BCUT2D eigenvalue weighted by molar-refractivity contribution is 6.10. The maximum atomic E-state index is 5.23. The first-order valence-corrected chi connectivity index (χ1v) is 17.1. The summed E-state index contributed by atoms with van der Waals surface area (Å²) in [5, 5.41) is 3.55. The van der Waals surface area contributed by atoms with Crippen molar-refractivity contribution in [1.82, 2.24) is 24.1 Å². The van der Waals surface area contributed by atoms with Gasteiger partial charge in [0.25, 0.3) is 0 Å². The number of hydrogen-bond acceptors (Lipinski definition) is 3. The maximum Gasteiger partial charge on any atom is 0.166 e. The van der Waals surface area contributed by atoms with Crippen molar-refractivity contribution in [3.05, 3.63) is 182 Å². The van der Waals surface area contributed by atoms with Crippen LogP contribution in [0.1, 0.15) is 11.3 Å². The van der Waals surface area contributed by atoms with Crippen LogP contribution in [0.25, 0.3) is 84.3 Å². The van der Waals surface area contributed by atoms with Gasteiger partial charge in [-0.15, -0.1) is 0 Å². The third-order valence-electron chi connectivity index (χ3n) is 9.56. The summed E-state index contributed by atoms with van der Waals surface area (Å²) >= 11 is 0. The molecule has 0 fully saturated rings. The van der Waals surface area contributed by atoms with Crippen LogP contribution in [0.2, 0.25) is 0 Å². The van der Waals surface area contributed by atoms with Gasteiger partial charge in [0.2, 0.25) is 0 Å². The lowest BCUT2D eigenvalue weighted by Gasteiger charge is -2.21. The molecule has 0 aliphatic carbocycles. The number of nitrogens with zero attached hydrogens (tertiary/aromatic N) is 5. The van der Waals surface area contributed by atoms with Gasteiger partial charge in [-0.2, -0.15) is 0 Å². The van der Waals surface area contributed by atoms with Crippen molar-refractivity contribution in [1.29, 1.82) is 0 Å². The molecule has 0 bridgehead atoms.